The van der Waals surface area contributed by atoms with Gasteiger partial charge in [0.15, 0.2) is 0 Å². The van der Waals surface area contributed by atoms with E-state index >= 15 is 0 Å². The summed E-state index contributed by atoms with van der Waals surface area (Å²) in [7, 11) is 0. The number of carbonyl (C=O) groups excluding carboxylic acids is 2. The van der Waals surface area contributed by atoms with Gasteiger partial charge >= 0.3 is 0 Å². The molecule has 0 spiro atoms. The number of allylic oxidation sites excluding steroid dienone is 1. The summed E-state index contributed by atoms with van der Waals surface area (Å²) in [6.45, 7) is 3.66. The van der Waals surface area contributed by atoms with Gasteiger partial charge in [0.05, 0.1) is 16.2 Å². The Morgan fingerprint density at radius 3 is 2.61 bits per heavy atom. The highest BCUT2D eigenvalue weighted by atomic mass is 127. The Morgan fingerprint density at radius 2 is 1.94 bits per heavy atom. The smallest absolute Gasteiger partial charge is 0.247 e. The lowest BCUT2D eigenvalue weighted by Crippen LogP contribution is -2.54. The molecule has 3 rings (SSSR count). The van der Waals surface area contributed by atoms with Crippen molar-refractivity contribution in [3.05, 3.63) is 87.8 Å². The van der Waals surface area contributed by atoms with Crippen molar-refractivity contribution < 1.29 is 28.9 Å². The molecule has 3 N–H and O–H groups in total. The molecule has 0 radical (unpaired) electrons. The maximum Gasteiger partial charge on any atom is 0.247 e. The summed E-state index contributed by atoms with van der Waals surface area (Å²) in [5, 5.41) is 23.2. The maximum atomic E-state index is 13.5. The number of aliphatic hydroxyl groups is 2. The zero-order valence-corrected chi connectivity index (χ0v) is 21.9. The summed E-state index contributed by atoms with van der Waals surface area (Å²) < 4.78 is 20.4. The van der Waals surface area contributed by atoms with Crippen molar-refractivity contribution in [3.8, 4) is 5.75 Å². The molecule has 2 aromatic rings. The van der Waals surface area contributed by atoms with Crippen molar-refractivity contribution in [2.75, 3.05) is 13.2 Å². The second-order valence-electron chi connectivity index (χ2n) is 8.42. The summed E-state index contributed by atoms with van der Waals surface area (Å²) in [4.78, 5) is 27.7. The summed E-state index contributed by atoms with van der Waals surface area (Å²) in [5.74, 6) is -0.485. The molecule has 1 aliphatic carbocycles. The highest BCUT2D eigenvalue weighted by molar-refractivity contribution is 14.1. The minimum Gasteiger partial charge on any atom is -0.482 e. The Balaban J connectivity index is 1.96. The van der Waals surface area contributed by atoms with Crippen LogP contribution < -0.4 is 10.1 Å². The number of hydrogen-bond donors (Lipinski definition) is 3. The maximum absolute atomic E-state index is 13.5. The molecule has 1 aliphatic rings. The third-order valence-electron chi connectivity index (χ3n) is 5.86. The number of para-hydroxylation sites is 1. The third kappa shape index (κ3) is 7.37. The van der Waals surface area contributed by atoms with Crippen molar-refractivity contribution in [3.63, 3.8) is 0 Å². The number of amides is 2. The molecule has 2 aromatic carbocycles. The topological polar surface area (TPSA) is 99.1 Å². The van der Waals surface area contributed by atoms with Crippen LogP contribution >= 0.6 is 22.6 Å². The van der Waals surface area contributed by atoms with Crippen LogP contribution in [0.15, 0.2) is 72.8 Å². The average molecular weight is 608 g/mol. The van der Waals surface area contributed by atoms with Crippen LogP contribution in [0.3, 0.4) is 0 Å². The zero-order chi connectivity index (χ0) is 26.1. The van der Waals surface area contributed by atoms with Gasteiger partial charge in [-0.1, -0.05) is 30.3 Å². The van der Waals surface area contributed by atoms with Crippen LogP contribution in [0.5, 0.6) is 5.75 Å². The number of hydrogen-bond acceptors (Lipinski definition) is 5. The molecule has 192 valence electrons. The lowest BCUT2D eigenvalue weighted by atomic mass is 9.87. The fourth-order valence-corrected chi connectivity index (χ4v) is 4.53. The van der Waals surface area contributed by atoms with E-state index in [1.807, 2.05) is 18.2 Å². The molecule has 3 atom stereocenters. The lowest BCUT2D eigenvalue weighted by molar-refractivity contribution is -0.139. The van der Waals surface area contributed by atoms with Crippen molar-refractivity contribution >= 4 is 34.4 Å². The van der Waals surface area contributed by atoms with Crippen molar-refractivity contribution in [2.45, 2.75) is 44.1 Å². The minimum atomic E-state index is -1.14. The normalized spacial score (nSPS) is 19.2. The van der Waals surface area contributed by atoms with Crippen LogP contribution in [0.4, 0.5) is 4.39 Å². The molecule has 0 saturated heterocycles. The first kappa shape index (κ1) is 27.8. The van der Waals surface area contributed by atoms with E-state index in [0.717, 1.165) is 3.57 Å². The van der Waals surface area contributed by atoms with E-state index in [1.54, 1.807) is 30.4 Å². The van der Waals surface area contributed by atoms with E-state index in [2.05, 4.69) is 34.5 Å². The summed E-state index contributed by atoms with van der Waals surface area (Å²) in [5.41, 5.74) is 1.03. The molecular weight excluding hydrogens is 578 g/mol. The molecular formula is C27H30FIN2O5. The Hall–Kier alpha value is -2.76. The number of nitrogens with zero attached hydrogens (tertiary/aromatic N) is 1. The van der Waals surface area contributed by atoms with Gasteiger partial charge in [0.2, 0.25) is 11.8 Å². The number of ether oxygens (including phenoxy) is 1. The van der Waals surface area contributed by atoms with Crippen LogP contribution in [0.25, 0.3) is 0 Å². The van der Waals surface area contributed by atoms with E-state index in [9.17, 15) is 19.1 Å². The van der Waals surface area contributed by atoms with Gasteiger partial charge in [-0.3, -0.25) is 9.59 Å². The SMILES string of the molecule is C=CCCC(=O)N(Cc1ccc(F)cc1)[C@@H]1CC(C(=O)NCCO)=C[C@H](Oc2ccccc2I)[C@H]1O. The summed E-state index contributed by atoms with van der Waals surface area (Å²) in [6, 6.07) is 12.3. The van der Waals surface area contributed by atoms with E-state index in [-0.39, 0.29) is 38.4 Å². The van der Waals surface area contributed by atoms with Crippen LogP contribution in [0.1, 0.15) is 24.8 Å². The molecule has 0 bridgehead atoms. The second kappa shape index (κ2) is 13.5. The van der Waals surface area contributed by atoms with Crippen LogP contribution in [-0.2, 0) is 16.1 Å². The first-order valence-corrected chi connectivity index (χ1v) is 12.8. The van der Waals surface area contributed by atoms with Crippen LogP contribution in [0, 0.1) is 9.39 Å². The van der Waals surface area contributed by atoms with Gasteiger partial charge in [0.25, 0.3) is 0 Å². The van der Waals surface area contributed by atoms with Gasteiger partial charge < -0.3 is 25.2 Å². The molecule has 36 heavy (non-hydrogen) atoms. The highest BCUT2D eigenvalue weighted by Gasteiger charge is 2.40. The minimum absolute atomic E-state index is 0.0725. The van der Waals surface area contributed by atoms with Gasteiger partial charge in [-0.2, -0.15) is 0 Å². The quantitative estimate of drug-likeness (QED) is 0.269. The average Bonchev–Trinajstić information content (AvgIpc) is 2.88. The van der Waals surface area contributed by atoms with Gasteiger partial charge in [-0.05, 0) is 64.9 Å². The molecule has 9 heteroatoms. The molecule has 0 fully saturated rings. The number of benzene rings is 2. The van der Waals surface area contributed by atoms with Crippen molar-refractivity contribution in [1.82, 2.24) is 10.2 Å². The van der Waals surface area contributed by atoms with E-state index in [1.165, 1.54) is 17.0 Å². The zero-order valence-electron chi connectivity index (χ0n) is 19.8. The molecule has 0 heterocycles. The highest BCUT2D eigenvalue weighted by Crippen LogP contribution is 2.30. The molecule has 7 nitrogen and oxygen atoms in total. The second-order valence-corrected chi connectivity index (χ2v) is 9.58. The number of aliphatic hydroxyl groups excluding tert-OH is 2. The standard InChI is InChI=1S/C27H30FIN2O5/c1-2-3-8-25(33)31(17-18-9-11-20(28)12-10-18)22-15-19(27(35)30-13-14-32)16-24(26(22)34)36-23-7-5-4-6-21(23)29/h2,4-7,9-12,16,22,24,26,32,34H,1,3,8,13-15,17H2,(H,30,35)/t22-,24+,26+/m1/s1. The lowest BCUT2D eigenvalue weighted by Gasteiger charge is -2.40. The third-order valence-corrected chi connectivity index (χ3v) is 6.75. The number of carbonyl (C=O) groups is 2. The van der Waals surface area contributed by atoms with Gasteiger partial charge in [0, 0.05) is 31.5 Å². The van der Waals surface area contributed by atoms with Crippen LogP contribution in [0.2, 0.25) is 0 Å². The molecule has 0 unspecified atom stereocenters. The number of nitrogens with one attached hydrogen (secondary N) is 1. The molecule has 0 saturated carbocycles. The Kier molecular flexibility index (Phi) is 10.4. The van der Waals surface area contributed by atoms with Gasteiger partial charge in [0.1, 0.15) is 23.8 Å². The predicted octanol–water partition coefficient (Wildman–Crippen LogP) is 3.34. The Bertz CT molecular complexity index is 1090. The predicted molar refractivity (Wildman–Crippen MR) is 143 cm³/mol. The largest absolute Gasteiger partial charge is 0.482 e. The monoisotopic (exact) mass is 608 g/mol. The summed E-state index contributed by atoms with van der Waals surface area (Å²) >= 11 is 2.12. The van der Waals surface area contributed by atoms with Crippen molar-refractivity contribution in [2.24, 2.45) is 0 Å². The van der Waals surface area contributed by atoms with Crippen molar-refractivity contribution in [1.29, 1.82) is 0 Å². The van der Waals surface area contributed by atoms with E-state index < -0.39 is 30.0 Å². The first-order valence-electron chi connectivity index (χ1n) is 11.7. The number of rotatable bonds is 11. The molecule has 2 amide bonds. The fourth-order valence-electron chi connectivity index (χ4n) is 4.01. The molecule has 0 aliphatic heterocycles. The van der Waals surface area contributed by atoms with Crippen LogP contribution in [-0.4, -0.2) is 58.3 Å². The van der Waals surface area contributed by atoms with E-state index in [4.69, 9.17) is 9.84 Å². The fraction of sp³-hybridized carbons (Fsp3) is 0.333. The Morgan fingerprint density at radius 1 is 1.22 bits per heavy atom. The first-order chi connectivity index (χ1) is 17.3. The summed E-state index contributed by atoms with van der Waals surface area (Å²) in [6.07, 6.45) is 1.88. The Labute approximate surface area is 223 Å². The molecule has 0 aromatic heterocycles. The van der Waals surface area contributed by atoms with E-state index in [0.29, 0.717) is 23.3 Å². The van der Waals surface area contributed by atoms with Gasteiger partial charge in [-0.15, -0.1) is 6.58 Å². The number of halogens is 2. The van der Waals surface area contributed by atoms with Gasteiger partial charge in [-0.25, -0.2) is 4.39 Å².